The minimum Gasteiger partial charge on any atom is -0.330 e. The van der Waals surface area contributed by atoms with Gasteiger partial charge in [0.05, 0.1) is 19.2 Å². The summed E-state index contributed by atoms with van der Waals surface area (Å²) in [5, 5.41) is 7.67. The lowest BCUT2D eigenvalue weighted by Gasteiger charge is -2.03. The fraction of sp³-hybridized carbons (Fsp3) is 0.0833. The number of aromatic nitrogens is 4. The number of hydrogen-bond donors (Lipinski definition) is 2. The zero-order chi connectivity index (χ0) is 12.5. The molecule has 5 nitrogen and oxygen atoms in total. The molecule has 2 N–H and O–H groups in total. The van der Waals surface area contributed by atoms with Crippen LogP contribution < -0.4 is 5.49 Å². The van der Waals surface area contributed by atoms with Gasteiger partial charge in [-0.15, -0.1) is 0 Å². The molecule has 17 heavy (non-hydrogen) atoms. The van der Waals surface area contributed by atoms with Crippen LogP contribution in [0.3, 0.4) is 0 Å². The van der Waals surface area contributed by atoms with Crippen LogP contribution in [0.1, 0.15) is 6.93 Å². The predicted molar refractivity (Wildman–Crippen MR) is 63.3 cm³/mol. The van der Waals surface area contributed by atoms with Crippen molar-refractivity contribution in [1.29, 1.82) is 5.41 Å². The van der Waals surface area contributed by atoms with Crippen molar-refractivity contribution in [3.05, 3.63) is 54.0 Å². The molecule has 5 heteroatoms. The van der Waals surface area contributed by atoms with E-state index in [1.54, 1.807) is 6.33 Å². The van der Waals surface area contributed by atoms with Crippen LogP contribution in [0, 0.1) is 5.41 Å². The lowest BCUT2D eigenvalue weighted by atomic mass is 10.2. The van der Waals surface area contributed by atoms with Gasteiger partial charge in [-0.2, -0.15) is 0 Å². The van der Waals surface area contributed by atoms with Crippen molar-refractivity contribution in [2.75, 3.05) is 0 Å². The normalized spacial score (nSPS) is 11.6. The Morgan fingerprint density at radius 1 is 1.29 bits per heavy atom. The quantitative estimate of drug-likeness (QED) is 0.691. The van der Waals surface area contributed by atoms with Gasteiger partial charge < -0.3 is 9.55 Å². The smallest absolute Gasteiger partial charge is 0.176 e. The maximum absolute atomic E-state index is 7.67. The average molecular weight is 226 g/mol. The van der Waals surface area contributed by atoms with E-state index in [4.69, 9.17) is 6.78 Å². The van der Waals surface area contributed by atoms with Crippen LogP contribution in [0.2, 0.25) is 0 Å². The van der Waals surface area contributed by atoms with Gasteiger partial charge in [0.2, 0.25) is 0 Å². The number of rotatable bonds is 2. The molecule has 1 aromatic carbocycles. The highest BCUT2D eigenvalue weighted by atomic mass is 15.1. The van der Waals surface area contributed by atoms with Crippen molar-refractivity contribution < 1.29 is 1.37 Å². The Morgan fingerprint density at radius 2 is 2.12 bits per heavy atom. The molecule has 0 aliphatic rings. The largest absolute Gasteiger partial charge is 0.330 e. The molecule has 0 aliphatic carbocycles. The molecule has 0 saturated heterocycles. The summed E-state index contributed by atoms with van der Waals surface area (Å²) in [7, 11) is 0. The zero-order valence-electron chi connectivity index (χ0n) is 10.0. The molecule has 0 spiro atoms. The second-order valence-electron chi connectivity index (χ2n) is 3.75. The Bertz CT molecular complexity index is 744. The van der Waals surface area contributed by atoms with Crippen molar-refractivity contribution in [2.45, 2.75) is 6.54 Å². The summed E-state index contributed by atoms with van der Waals surface area (Å²) >= 11 is 0. The fourth-order valence-electron chi connectivity index (χ4n) is 1.78. The molecule has 0 fully saturated rings. The molecule has 0 unspecified atom stereocenters. The molecule has 2 aromatic heterocycles. The number of hydrogen-bond acceptors (Lipinski definition) is 3. The highest BCUT2D eigenvalue weighted by Crippen LogP contribution is 2.08. The van der Waals surface area contributed by atoms with E-state index < -0.39 is 0 Å². The molecule has 0 radical (unpaired) electrons. The molecule has 0 saturated carbocycles. The van der Waals surface area contributed by atoms with Gasteiger partial charge >= 0.3 is 0 Å². The summed E-state index contributed by atoms with van der Waals surface area (Å²) < 4.78 is 9.38. The molecule has 3 rings (SSSR count). The SMILES string of the molecule is [2H]c1nc(=N)c2ncn(Cc3ccccc3)c2[nH]1. The van der Waals surface area contributed by atoms with Gasteiger partial charge in [0, 0.05) is 0 Å². The van der Waals surface area contributed by atoms with E-state index in [1.807, 2.05) is 34.9 Å². The van der Waals surface area contributed by atoms with Crippen molar-refractivity contribution >= 4 is 11.2 Å². The maximum Gasteiger partial charge on any atom is 0.176 e. The molecule has 84 valence electrons. The monoisotopic (exact) mass is 226 g/mol. The van der Waals surface area contributed by atoms with Gasteiger partial charge in [-0.05, 0) is 5.56 Å². The second-order valence-corrected chi connectivity index (χ2v) is 3.75. The fourth-order valence-corrected chi connectivity index (χ4v) is 1.78. The minimum atomic E-state index is -0.0256. The Morgan fingerprint density at radius 3 is 2.94 bits per heavy atom. The van der Waals surface area contributed by atoms with Crippen molar-refractivity contribution in [3.63, 3.8) is 0 Å². The van der Waals surface area contributed by atoms with Crippen molar-refractivity contribution in [1.82, 2.24) is 19.5 Å². The van der Waals surface area contributed by atoms with E-state index in [0.29, 0.717) is 17.7 Å². The highest BCUT2D eigenvalue weighted by molar-refractivity contribution is 5.68. The van der Waals surface area contributed by atoms with E-state index in [9.17, 15) is 0 Å². The van der Waals surface area contributed by atoms with Gasteiger partial charge in [-0.1, -0.05) is 30.3 Å². The molecule has 3 aromatic rings. The third-order valence-electron chi connectivity index (χ3n) is 2.60. The van der Waals surface area contributed by atoms with Gasteiger partial charge in [-0.3, -0.25) is 5.41 Å². The summed E-state index contributed by atoms with van der Waals surface area (Å²) in [6.07, 6.45) is 1.63. The summed E-state index contributed by atoms with van der Waals surface area (Å²) in [6.45, 7) is 0.650. The van der Waals surface area contributed by atoms with Crippen molar-refractivity contribution in [3.8, 4) is 0 Å². The van der Waals surface area contributed by atoms with Gasteiger partial charge in [0.1, 0.15) is 12.5 Å². The molecule has 0 amide bonds. The molecule has 0 atom stereocenters. The first-order valence-corrected chi connectivity index (χ1v) is 5.24. The number of fused-ring (bicyclic) bond motifs is 1. The van der Waals surface area contributed by atoms with Gasteiger partial charge in [0.25, 0.3) is 0 Å². The van der Waals surface area contributed by atoms with Crippen LogP contribution in [0.5, 0.6) is 0 Å². The van der Waals surface area contributed by atoms with E-state index in [0.717, 1.165) is 5.56 Å². The first-order chi connectivity index (χ1) is 8.74. The Balaban J connectivity index is 2.11. The van der Waals surface area contributed by atoms with Crippen molar-refractivity contribution in [2.24, 2.45) is 0 Å². The average Bonchev–Trinajstić information content (AvgIpc) is 2.74. The minimum absolute atomic E-state index is 0.0256. The first kappa shape index (κ1) is 8.69. The van der Waals surface area contributed by atoms with E-state index in [-0.39, 0.29) is 11.8 Å². The summed E-state index contributed by atoms with van der Waals surface area (Å²) in [5.74, 6) is 0. The highest BCUT2D eigenvalue weighted by Gasteiger charge is 2.04. The first-order valence-electron chi connectivity index (χ1n) is 5.74. The van der Waals surface area contributed by atoms with Gasteiger partial charge in [0.15, 0.2) is 5.49 Å². The number of H-pyrrole nitrogens is 1. The third-order valence-corrected chi connectivity index (χ3v) is 2.60. The topological polar surface area (TPSA) is 70.3 Å². The van der Waals surface area contributed by atoms with E-state index >= 15 is 0 Å². The summed E-state index contributed by atoms with van der Waals surface area (Å²) in [6, 6.07) is 9.97. The van der Waals surface area contributed by atoms with Crippen LogP contribution in [-0.4, -0.2) is 19.5 Å². The lowest BCUT2D eigenvalue weighted by molar-refractivity contribution is 0.812. The molecular formula is C12H11N5. The van der Waals surface area contributed by atoms with Crippen LogP contribution in [-0.2, 0) is 6.54 Å². The standard InChI is InChI=1S/C12H11N5/c13-11-10-12(15-7-14-11)17(8-16-10)6-9-4-2-1-3-5-9/h1-5,7-8H,6H2,(H2,13,14,15)/i7D. The third kappa shape index (κ3) is 1.71. The molecule has 0 bridgehead atoms. The van der Waals surface area contributed by atoms with Crippen LogP contribution in [0.4, 0.5) is 0 Å². The van der Waals surface area contributed by atoms with Crippen LogP contribution in [0.25, 0.3) is 11.2 Å². The molecular weight excluding hydrogens is 214 g/mol. The number of nitrogens with one attached hydrogen (secondary N) is 2. The molecule has 0 aliphatic heterocycles. The van der Waals surface area contributed by atoms with Crippen LogP contribution in [0.15, 0.2) is 43.0 Å². The van der Waals surface area contributed by atoms with Gasteiger partial charge in [-0.25, -0.2) is 9.97 Å². The summed E-state index contributed by atoms with van der Waals surface area (Å²) in [5.41, 5.74) is 2.31. The Labute approximate surface area is 98.7 Å². The predicted octanol–water partition coefficient (Wildman–Crippen LogP) is 1.29. The number of nitrogens with zero attached hydrogens (tertiary/aromatic N) is 3. The zero-order valence-corrected chi connectivity index (χ0v) is 9.01. The Kier molecular flexibility index (Phi) is 1.97. The van der Waals surface area contributed by atoms with E-state index in [1.165, 1.54) is 0 Å². The molecule has 2 heterocycles. The maximum atomic E-state index is 7.67. The number of aromatic amines is 1. The van der Waals surface area contributed by atoms with E-state index in [2.05, 4.69) is 15.0 Å². The number of benzene rings is 1. The Hall–Kier alpha value is -2.43. The van der Waals surface area contributed by atoms with Crippen LogP contribution >= 0.6 is 0 Å². The number of imidazole rings is 1. The second kappa shape index (κ2) is 3.86. The lowest BCUT2D eigenvalue weighted by Crippen LogP contribution is -2.08. The summed E-state index contributed by atoms with van der Waals surface area (Å²) in [4.78, 5) is 10.7.